The minimum absolute atomic E-state index is 0.550. The van der Waals surface area contributed by atoms with Crippen LogP contribution in [0.4, 0.5) is 0 Å². The van der Waals surface area contributed by atoms with Crippen molar-refractivity contribution in [2.45, 2.75) is 33.2 Å². The molecule has 0 saturated carbocycles. The summed E-state index contributed by atoms with van der Waals surface area (Å²) in [5.41, 5.74) is 10.9. The summed E-state index contributed by atoms with van der Waals surface area (Å²) in [5, 5.41) is 0. The molecule has 3 nitrogen and oxygen atoms in total. The lowest BCUT2D eigenvalue weighted by atomic mass is 10.1. The second kappa shape index (κ2) is 4.58. The molecule has 0 atom stereocenters. The Bertz CT molecular complexity index is 506. The quantitative estimate of drug-likeness (QED) is 0.854. The van der Waals surface area contributed by atoms with Crippen molar-refractivity contribution in [3.8, 4) is 0 Å². The highest BCUT2D eigenvalue weighted by molar-refractivity contribution is 5.75. The number of benzene rings is 1. The van der Waals surface area contributed by atoms with Gasteiger partial charge in [-0.15, -0.1) is 0 Å². The number of aryl methyl sites for hydroxylation is 2. The number of hydrogen-bond acceptors (Lipinski definition) is 3. The van der Waals surface area contributed by atoms with Crippen molar-refractivity contribution in [2.75, 3.05) is 0 Å². The maximum absolute atomic E-state index is 5.62. The van der Waals surface area contributed by atoms with Gasteiger partial charge in [0.2, 0.25) is 0 Å². The van der Waals surface area contributed by atoms with E-state index >= 15 is 0 Å². The van der Waals surface area contributed by atoms with E-state index in [2.05, 4.69) is 23.8 Å². The third kappa shape index (κ3) is 1.91. The average Bonchev–Trinajstić information content (AvgIpc) is 2.36. The molecule has 0 saturated heterocycles. The summed E-state index contributed by atoms with van der Waals surface area (Å²) < 4.78 is 0. The van der Waals surface area contributed by atoms with E-state index < -0.39 is 0 Å². The molecule has 1 aromatic heterocycles. The lowest BCUT2D eigenvalue weighted by Gasteiger charge is -2.07. The van der Waals surface area contributed by atoms with Crippen LogP contribution in [0, 0.1) is 0 Å². The highest BCUT2D eigenvalue weighted by Gasteiger charge is 2.05. The average molecular weight is 215 g/mol. The molecule has 3 heteroatoms. The maximum atomic E-state index is 5.62. The van der Waals surface area contributed by atoms with Crippen molar-refractivity contribution in [1.82, 2.24) is 9.97 Å². The predicted octanol–water partition coefficient (Wildman–Crippen LogP) is 2.21. The van der Waals surface area contributed by atoms with Crippen LogP contribution in [0.2, 0.25) is 0 Å². The second-order valence-electron chi connectivity index (χ2n) is 3.85. The molecule has 2 rings (SSSR count). The van der Waals surface area contributed by atoms with Crippen molar-refractivity contribution in [3.63, 3.8) is 0 Å². The zero-order valence-electron chi connectivity index (χ0n) is 9.83. The summed E-state index contributed by atoms with van der Waals surface area (Å²) in [6.07, 6.45) is 1.86. The molecule has 0 aliphatic heterocycles. The van der Waals surface area contributed by atoms with E-state index in [0.717, 1.165) is 40.8 Å². The Labute approximate surface area is 95.7 Å². The molecule has 0 radical (unpaired) electrons. The van der Waals surface area contributed by atoms with Gasteiger partial charge >= 0.3 is 0 Å². The van der Waals surface area contributed by atoms with Gasteiger partial charge in [-0.25, -0.2) is 9.97 Å². The first-order valence-corrected chi connectivity index (χ1v) is 5.77. The molecule has 2 N–H and O–H groups in total. The molecule has 0 unspecified atom stereocenters. The van der Waals surface area contributed by atoms with Gasteiger partial charge in [-0.1, -0.05) is 19.9 Å². The first-order chi connectivity index (χ1) is 7.78. The fourth-order valence-corrected chi connectivity index (χ4v) is 1.87. The molecule has 1 aromatic carbocycles. The van der Waals surface area contributed by atoms with Crippen LogP contribution in [0.3, 0.4) is 0 Å². The van der Waals surface area contributed by atoms with E-state index in [1.807, 2.05) is 18.2 Å². The first-order valence-electron chi connectivity index (χ1n) is 5.77. The van der Waals surface area contributed by atoms with Gasteiger partial charge in [0.1, 0.15) is 0 Å². The van der Waals surface area contributed by atoms with E-state index in [0.29, 0.717) is 6.54 Å². The van der Waals surface area contributed by atoms with Gasteiger partial charge in [0.25, 0.3) is 0 Å². The van der Waals surface area contributed by atoms with Crippen molar-refractivity contribution < 1.29 is 0 Å². The van der Waals surface area contributed by atoms with Gasteiger partial charge in [-0.3, -0.25) is 0 Å². The molecule has 2 aromatic rings. The van der Waals surface area contributed by atoms with Crippen LogP contribution in [0.25, 0.3) is 11.0 Å². The highest BCUT2D eigenvalue weighted by atomic mass is 14.8. The van der Waals surface area contributed by atoms with Gasteiger partial charge in [-0.05, 0) is 30.5 Å². The molecule has 0 amide bonds. The topological polar surface area (TPSA) is 51.8 Å². The second-order valence-corrected chi connectivity index (χ2v) is 3.85. The molecule has 0 aliphatic rings. The first kappa shape index (κ1) is 11.0. The van der Waals surface area contributed by atoms with Crippen LogP contribution >= 0.6 is 0 Å². The largest absolute Gasteiger partial charge is 0.326 e. The molecule has 1 heterocycles. The number of rotatable bonds is 3. The van der Waals surface area contributed by atoms with Crippen molar-refractivity contribution in [3.05, 3.63) is 35.2 Å². The molecule has 0 bridgehead atoms. The Morgan fingerprint density at radius 1 is 1.00 bits per heavy atom. The summed E-state index contributed by atoms with van der Waals surface area (Å²) in [6, 6.07) is 6.05. The number of fused-ring (bicyclic) bond motifs is 1. The van der Waals surface area contributed by atoms with Crippen LogP contribution in [0.1, 0.15) is 30.8 Å². The third-order valence-corrected chi connectivity index (χ3v) is 2.79. The zero-order chi connectivity index (χ0) is 11.5. The lowest BCUT2D eigenvalue weighted by Crippen LogP contribution is -2.02. The number of nitrogens with two attached hydrogens (primary N) is 1. The van der Waals surface area contributed by atoms with Gasteiger partial charge < -0.3 is 5.73 Å². The Morgan fingerprint density at radius 3 is 2.19 bits per heavy atom. The SMILES string of the molecule is CCc1nc2ccc(CN)cc2nc1CC. The van der Waals surface area contributed by atoms with E-state index in [9.17, 15) is 0 Å². The van der Waals surface area contributed by atoms with Crippen molar-refractivity contribution in [2.24, 2.45) is 5.73 Å². The third-order valence-electron chi connectivity index (χ3n) is 2.79. The fraction of sp³-hybridized carbons (Fsp3) is 0.385. The Morgan fingerprint density at radius 2 is 1.62 bits per heavy atom. The minimum Gasteiger partial charge on any atom is -0.326 e. The van der Waals surface area contributed by atoms with Crippen molar-refractivity contribution in [1.29, 1.82) is 0 Å². The summed E-state index contributed by atoms with van der Waals surface area (Å²) in [5.74, 6) is 0. The molecule has 0 aliphatic carbocycles. The van der Waals surface area contributed by atoms with Crippen LogP contribution in [-0.2, 0) is 19.4 Å². The van der Waals surface area contributed by atoms with E-state index in [4.69, 9.17) is 5.73 Å². The van der Waals surface area contributed by atoms with Gasteiger partial charge in [-0.2, -0.15) is 0 Å². The predicted molar refractivity (Wildman–Crippen MR) is 66.2 cm³/mol. The Balaban J connectivity index is 2.63. The Hall–Kier alpha value is -1.48. The molecule has 16 heavy (non-hydrogen) atoms. The van der Waals surface area contributed by atoms with Crippen LogP contribution in [0.15, 0.2) is 18.2 Å². The number of nitrogens with zero attached hydrogens (tertiary/aromatic N) is 2. The highest BCUT2D eigenvalue weighted by Crippen LogP contribution is 2.15. The molecule has 84 valence electrons. The standard InChI is InChI=1S/C13H17N3/c1-3-10-11(4-2)16-13-7-9(8-14)5-6-12(13)15-10/h5-7H,3-4,8,14H2,1-2H3. The summed E-state index contributed by atoms with van der Waals surface area (Å²) in [6.45, 7) is 4.78. The van der Waals surface area contributed by atoms with Crippen LogP contribution < -0.4 is 5.73 Å². The van der Waals surface area contributed by atoms with Crippen LogP contribution in [0.5, 0.6) is 0 Å². The van der Waals surface area contributed by atoms with Gasteiger partial charge in [0.15, 0.2) is 0 Å². The molecule has 0 fully saturated rings. The maximum Gasteiger partial charge on any atom is 0.0893 e. The normalized spacial score (nSPS) is 10.9. The summed E-state index contributed by atoms with van der Waals surface area (Å²) in [4.78, 5) is 9.29. The minimum atomic E-state index is 0.550. The molecular weight excluding hydrogens is 198 g/mol. The Kier molecular flexibility index (Phi) is 3.15. The number of hydrogen-bond donors (Lipinski definition) is 1. The lowest BCUT2D eigenvalue weighted by molar-refractivity contribution is 0.929. The molecular formula is C13H17N3. The van der Waals surface area contributed by atoms with E-state index in [1.165, 1.54) is 0 Å². The summed E-state index contributed by atoms with van der Waals surface area (Å²) >= 11 is 0. The fourth-order valence-electron chi connectivity index (χ4n) is 1.87. The molecule has 0 spiro atoms. The smallest absolute Gasteiger partial charge is 0.0893 e. The summed E-state index contributed by atoms with van der Waals surface area (Å²) in [7, 11) is 0. The van der Waals surface area contributed by atoms with E-state index in [1.54, 1.807) is 0 Å². The van der Waals surface area contributed by atoms with Gasteiger partial charge in [0.05, 0.1) is 22.4 Å². The van der Waals surface area contributed by atoms with Crippen LogP contribution in [-0.4, -0.2) is 9.97 Å². The van der Waals surface area contributed by atoms with Crippen molar-refractivity contribution >= 4 is 11.0 Å². The van der Waals surface area contributed by atoms with E-state index in [-0.39, 0.29) is 0 Å². The monoisotopic (exact) mass is 215 g/mol. The zero-order valence-corrected chi connectivity index (χ0v) is 9.83. The van der Waals surface area contributed by atoms with Gasteiger partial charge in [0, 0.05) is 6.54 Å². The number of aromatic nitrogens is 2.